The fourth-order valence-electron chi connectivity index (χ4n) is 2.93. The molecule has 1 aromatic carbocycles. The van der Waals surface area contributed by atoms with Gasteiger partial charge in [-0.1, -0.05) is 32.1 Å². The summed E-state index contributed by atoms with van der Waals surface area (Å²) in [6, 6.07) is 4.46. The Labute approximate surface area is 159 Å². The fourth-order valence-corrected chi connectivity index (χ4v) is 2.93. The van der Waals surface area contributed by atoms with Gasteiger partial charge in [0.2, 0.25) is 0 Å². The summed E-state index contributed by atoms with van der Waals surface area (Å²) in [5.41, 5.74) is 0.970. The van der Waals surface area contributed by atoms with E-state index in [1.807, 2.05) is 45.1 Å². The van der Waals surface area contributed by atoms with Crippen molar-refractivity contribution in [3.8, 4) is 11.5 Å². The van der Waals surface area contributed by atoms with Gasteiger partial charge in [0, 0.05) is 0 Å². The molecular weight excluding hydrogens is 348 g/mol. The number of carbonyl (C=O) groups is 2. The molecule has 0 aromatic heterocycles. The molecule has 0 bridgehead atoms. The maximum Gasteiger partial charge on any atom is 0.324 e. The number of hydrogen-bond acceptors (Lipinski definition) is 5. The van der Waals surface area contributed by atoms with Crippen LogP contribution in [0.4, 0.5) is 4.79 Å². The molecule has 1 saturated heterocycles. The number of rotatable bonds is 9. The second-order valence-electron chi connectivity index (χ2n) is 6.96. The Morgan fingerprint density at radius 3 is 2.67 bits per heavy atom. The van der Waals surface area contributed by atoms with Gasteiger partial charge in [0.1, 0.15) is 18.8 Å². The van der Waals surface area contributed by atoms with Crippen LogP contribution >= 0.6 is 0 Å². The molecule has 2 rings (SSSR count). The highest BCUT2D eigenvalue weighted by molar-refractivity contribution is 6.04. The topological polar surface area (TPSA) is 88.1 Å². The lowest BCUT2D eigenvalue weighted by Crippen LogP contribution is -2.40. The van der Waals surface area contributed by atoms with E-state index in [0.717, 1.165) is 10.5 Å². The van der Waals surface area contributed by atoms with E-state index in [9.17, 15) is 14.7 Å². The van der Waals surface area contributed by atoms with Gasteiger partial charge in [-0.05, 0) is 37.0 Å². The number of urea groups is 1. The second-order valence-corrected chi connectivity index (χ2v) is 6.96. The number of β-amino-alcohol motifs (C(OH)–C–C–N with tert-alkyl or cyclic N) is 1. The minimum absolute atomic E-state index is 0.0643. The van der Waals surface area contributed by atoms with Crippen molar-refractivity contribution in [3.63, 3.8) is 0 Å². The first-order chi connectivity index (χ1) is 12.8. The SMILES string of the molecule is C/C=C/c1ccc(OC[C@H](O)CN2C(=O)N[C@H](CC(C)C)C2=O)c(OC)c1. The van der Waals surface area contributed by atoms with Gasteiger partial charge >= 0.3 is 6.03 Å². The van der Waals surface area contributed by atoms with Crippen LogP contribution in [0.3, 0.4) is 0 Å². The van der Waals surface area contributed by atoms with Crippen LogP contribution in [0.15, 0.2) is 24.3 Å². The van der Waals surface area contributed by atoms with Crippen LogP contribution in [-0.2, 0) is 4.79 Å². The lowest BCUT2D eigenvalue weighted by atomic mass is 10.0. The van der Waals surface area contributed by atoms with E-state index < -0.39 is 18.2 Å². The lowest BCUT2D eigenvalue weighted by molar-refractivity contribution is -0.128. The van der Waals surface area contributed by atoms with E-state index in [1.54, 1.807) is 13.2 Å². The maximum absolute atomic E-state index is 12.3. The molecule has 0 spiro atoms. The zero-order valence-electron chi connectivity index (χ0n) is 16.3. The number of methoxy groups -OCH3 is 1. The van der Waals surface area contributed by atoms with Crippen LogP contribution in [0.5, 0.6) is 11.5 Å². The van der Waals surface area contributed by atoms with Crippen molar-refractivity contribution in [1.82, 2.24) is 10.2 Å². The van der Waals surface area contributed by atoms with E-state index in [2.05, 4.69) is 5.32 Å². The van der Waals surface area contributed by atoms with E-state index in [0.29, 0.717) is 17.9 Å². The number of nitrogens with zero attached hydrogens (tertiary/aromatic N) is 1. The first kappa shape index (κ1) is 20.8. The molecule has 0 radical (unpaired) electrons. The maximum atomic E-state index is 12.3. The van der Waals surface area contributed by atoms with Crippen LogP contribution < -0.4 is 14.8 Å². The van der Waals surface area contributed by atoms with Crippen LogP contribution in [-0.4, -0.2) is 54.4 Å². The largest absolute Gasteiger partial charge is 0.493 e. The van der Waals surface area contributed by atoms with E-state index in [-0.39, 0.29) is 25.0 Å². The number of aliphatic hydroxyl groups is 1. The Balaban J connectivity index is 1.93. The Hall–Kier alpha value is -2.54. The molecule has 1 aromatic rings. The molecule has 1 heterocycles. The molecule has 0 aliphatic carbocycles. The second kappa shape index (κ2) is 9.41. The number of allylic oxidation sites excluding steroid dienone is 1. The molecule has 1 aliphatic heterocycles. The van der Waals surface area contributed by atoms with E-state index >= 15 is 0 Å². The Morgan fingerprint density at radius 1 is 1.30 bits per heavy atom. The normalized spacial score (nSPS) is 18.3. The molecule has 3 amide bonds. The molecule has 0 unspecified atom stereocenters. The molecule has 1 fully saturated rings. The van der Waals surface area contributed by atoms with E-state index in [4.69, 9.17) is 9.47 Å². The van der Waals surface area contributed by atoms with Crippen LogP contribution in [0.25, 0.3) is 6.08 Å². The van der Waals surface area contributed by atoms with Crippen molar-refractivity contribution in [1.29, 1.82) is 0 Å². The molecule has 2 N–H and O–H groups in total. The summed E-state index contributed by atoms with van der Waals surface area (Å²) in [5, 5.41) is 12.9. The number of carbonyl (C=O) groups excluding carboxylic acids is 2. The molecule has 7 nitrogen and oxygen atoms in total. The highest BCUT2D eigenvalue weighted by atomic mass is 16.5. The lowest BCUT2D eigenvalue weighted by Gasteiger charge is -2.19. The third-order valence-corrected chi connectivity index (χ3v) is 4.19. The number of benzene rings is 1. The summed E-state index contributed by atoms with van der Waals surface area (Å²) < 4.78 is 10.9. The monoisotopic (exact) mass is 376 g/mol. The Kier molecular flexibility index (Phi) is 7.24. The Bertz CT molecular complexity index is 702. The van der Waals surface area contributed by atoms with Crippen LogP contribution in [0, 0.1) is 5.92 Å². The van der Waals surface area contributed by atoms with Gasteiger partial charge < -0.3 is 19.9 Å². The van der Waals surface area contributed by atoms with Gasteiger partial charge in [0.05, 0.1) is 13.7 Å². The van der Waals surface area contributed by atoms with Crippen molar-refractivity contribution in [2.45, 2.75) is 39.3 Å². The summed E-state index contributed by atoms with van der Waals surface area (Å²) in [5.74, 6) is 1.01. The minimum Gasteiger partial charge on any atom is -0.493 e. The van der Waals surface area contributed by atoms with Crippen molar-refractivity contribution in [2.24, 2.45) is 5.92 Å². The predicted molar refractivity (Wildman–Crippen MR) is 103 cm³/mol. The van der Waals surface area contributed by atoms with Gasteiger partial charge in [-0.3, -0.25) is 9.69 Å². The molecule has 27 heavy (non-hydrogen) atoms. The standard InChI is InChI=1S/C20H28N2O5/c1-5-6-14-7-8-17(18(10-14)26-4)27-12-15(23)11-22-19(24)16(9-13(2)3)21-20(22)25/h5-8,10,13,15-16,23H,9,11-12H2,1-4H3,(H,21,25)/b6-5+/t15-,16-/m1/s1. The molecule has 7 heteroatoms. The van der Waals surface area contributed by atoms with Crippen molar-refractivity contribution < 1.29 is 24.2 Å². The Morgan fingerprint density at radius 2 is 2.04 bits per heavy atom. The van der Waals surface area contributed by atoms with Gasteiger partial charge in [-0.2, -0.15) is 0 Å². The molecular formula is C20H28N2O5. The van der Waals surface area contributed by atoms with Crippen molar-refractivity contribution in [2.75, 3.05) is 20.3 Å². The fraction of sp³-hybridized carbons (Fsp3) is 0.500. The number of nitrogens with one attached hydrogen (secondary N) is 1. The summed E-state index contributed by atoms with van der Waals surface area (Å²) >= 11 is 0. The first-order valence-corrected chi connectivity index (χ1v) is 9.09. The molecule has 0 saturated carbocycles. The third-order valence-electron chi connectivity index (χ3n) is 4.19. The quantitative estimate of drug-likeness (QED) is 0.646. The zero-order valence-corrected chi connectivity index (χ0v) is 16.3. The summed E-state index contributed by atoms with van der Waals surface area (Å²) in [6.07, 6.45) is 3.43. The minimum atomic E-state index is -1.00. The number of aliphatic hydroxyl groups excluding tert-OH is 1. The highest BCUT2D eigenvalue weighted by Crippen LogP contribution is 2.28. The number of imide groups is 1. The van der Waals surface area contributed by atoms with Crippen LogP contribution in [0.1, 0.15) is 32.8 Å². The van der Waals surface area contributed by atoms with Crippen LogP contribution in [0.2, 0.25) is 0 Å². The number of hydrogen-bond donors (Lipinski definition) is 2. The van der Waals surface area contributed by atoms with Crippen molar-refractivity contribution >= 4 is 18.0 Å². The van der Waals surface area contributed by atoms with Gasteiger partial charge in [-0.15, -0.1) is 0 Å². The molecule has 2 atom stereocenters. The molecule has 1 aliphatic rings. The predicted octanol–water partition coefficient (Wildman–Crippen LogP) is 2.43. The van der Waals surface area contributed by atoms with Crippen molar-refractivity contribution in [3.05, 3.63) is 29.8 Å². The van der Waals surface area contributed by atoms with Gasteiger partial charge in [0.25, 0.3) is 5.91 Å². The summed E-state index contributed by atoms with van der Waals surface area (Å²) in [6.45, 7) is 5.72. The smallest absolute Gasteiger partial charge is 0.324 e. The van der Waals surface area contributed by atoms with E-state index in [1.165, 1.54) is 0 Å². The molecule has 148 valence electrons. The van der Waals surface area contributed by atoms with Gasteiger partial charge in [0.15, 0.2) is 11.5 Å². The zero-order chi connectivity index (χ0) is 20.0. The average molecular weight is 376 g/mol. The highest BCUT2D eigenvalue weighted by Gasteiger charge is 2.38. The summed E-state index contributed by atoms with van der Waals surface area (Å²) in [4.78, 5) is 25.4. The third kappa shape index (κ3) is 5.47. The summed E-state index contributed by atoms with van der Waals surface area (Å²) in [7, 11) is 1.54. The average Bonchev–Trinajstić information content (AvgIpc) is 2.87. The number of amides is 3. The number of ether oxygens (including phenoxy) is 2. The first-order valence-electron chi connectivity index (χ1n) is 9.09. The van der Waals surface area contributed by atoms with Gasteiger partial charge in [-0.25, -0.2) is 4.79 Å².